The highest BCUT2D eigenvalue weighted by molar-refractivity contribution is 9.10. The van der Waals surface area contributed by atoms with Gasteiger partial charge in [0, 0.05) is 6.54 Å². The third kappa shape index (κ3) is 3.26. The molecule has 0 unspecified atom stereocenters. The van der Waals surface area contributed by atoms with Crippen LogP contribution in [0.3, 0.4) is 0 Å². The summed E-state index contributed by atoms with van der Waals surface area (Å²) >= 11 is 3.37. The maximum absolute atomic E-state index is 11.7. The van der Waals surface area contributed by atoms with E-state index in [1.165, 1.54) is 0 Å². The van der Waals surface area contributed by atoms with Gasteiger partial charge >= 0.3 is 5.97 Å². The van der Waals surface area contributed by atoms with Gasteiger partial charge in [0.05, 0.1) is 23.4 Å². The summed E-state index contributed by atoms with van der Waals surface area (Å²) in [7, 11) is 1.58. The number of hydrogen-bond acceptors (Lipinski definition) is 3. The smallest absolute Gasteiger partial charge is 0.307 e. The fourth-order valence-electron chi connectivity index (χ4n) is 1.90. The van der Waals surface area contributed by atoms with Crippen LogP contribution in [0.1, 0.15) is 12.0 Å². The van der Waals surface area contributed by atoms with Crippen molar-refractivity contribution in [2.24, 2.45) is 11.8 Å². The molecule has 1 aromatic carbocycles. The lowest BCUT2D eigenvalue weighted by Crippen LogP contribution is -2.25. The van der Waals surface area contributed by atoms with Crippen molar-refractivity contribution in [1.82, 2.24) is 5.32 Å². The van der Waals surface area contributed by atoms with Crippen LogP contribution in [0.4, 0.5) is 0 Å². The Hall–Kier alpha value is -1.56. The first kappa shape index (κ1) is 13.9. The molecule has 6 heteroatoms. The number of ether oxygens (including phenoxy) is 1. The van der Waals surface area contributed by atoms with E-state index < -0.39 is 11.9 Å². The van der Waals surface area contributed by atoms with Crippen LogP contribution in [0.15, 0.2) is 22.7 Å². The highest BCUT2D eigenvalue weighted by Crippen LogP contribution is 2.38. The van der Waals surface area contributed by atoms with E-state index in [1.807, 2.05) is 18.2 Å². The number of carboxylic acids is 1. The van der Waals surface area contributed by atoms with Gasteiger partial charge < -0.3 is 15.2 Å². The number of carboxylic acid groups (broad SMARTS) is 1. The zero-order valence-electron chi connectivity index (χ0n) is 10.4. The van der Waals surface area contributed by atoms with Crippen LogP contribution < -0.4 is 10.1 Å². The summed E-state index contributed by atoms with van der Waals surface area (Å²) in [4.78, 5) is 22.4. The quantitative estimate of drug-likeness (QED) is 0.864. The molecule has 0 bridgehead atoms. The molecule has 1 fully saturated rings. The monoisotopic (exact) mass is 327 g/mol. The van der Waals surface area contributed by atoms with Gasteiger partial charge in [-0.25, -0.2) is 0 Å². The summed E-state index contributed by atoms with van der Waals surface area (Å²) in [6.07, 6.45) is 0.438. The van der Waals surface area contributed by atoms with Gasteiger partial charge in [0.1, 0.15) is 5.75 Å². The van der Waals surface area contributed by atoms with E-state index in [0.29, 0.717) is 13.0 Å². The minimum Gasteiger partial charge on any atom is -0.496 e. The molecular weight excluding hydrogens is 314 g/mol. The van der Waals surface area contributed by atoms with Crippen LogP contribution in [-0.4, -0.2) is 24.1 Å². The van der Waals surface area contributed by atoms with E-state index >= 15 is 0 Å². The van der Waals surface area contributed by atoms with Gasteiger partial charge in [-0.15, -0.1) is 0 Å². The predicted molar refractivity (Wildman–Crippen MR) is 71.8 cm³/mol. The number of rotatable bonds is 5. The number of halogens is 1. The molecule has 0 spiro atoms. The lowest BCUT2D eigenvalue weighted by atomic mass is 10.2. The van der Waals surface area contributed by atoms with Crippen LogP contribution in [0.5, 0.6) is 5.75 Å². The van der Waals surface area contributed by atoms with E-state index in [-0.39, 0.29) is 11.8 Å². The van der Waals surface area contributed by atoms with Gasteiger partial charge in [-0.1, -0.05) is 6.07 Å². The SMILES string of the molecule is COc1ccc(CNC(=O)[C@@H]2C[C@@H]2C(=O)O)cc1Br. The molecule has 1 aromatic rings. The first-order valence-electron chi connectivity index (χ1n) is 5.86. The maximum atomic E-state index is 11.7. The maximum Gasteiger partial charge on any atom is 0.307 e. The van der Waals surface area contributed by atoms with Gasteiger partial charge in [0.25, 0.3) is 0 Å². The second-order valence-corrected chi connectivity index (χ2v) is 5.33. The fraction of sp³-hybridized carbons (Fsp3) is 0.385. The van der Waals surface area contributed by atoms with Crippen molar-refractivity contribution in [3.8, 4) is 5.75 Å². The van der Waals surface area contributed by atoms with E-state index in [2.05, 4.69) is 21.2 Å². The largest absolute Gasteiger partial charge is 0.496 e. The Bertz CT molecular complexity index is 517. The molecule has 1 saturated carbocycles. The summed E-state index contributed by atoms with van der Waals surface area (Å²) in [6.45, 7) is 0.379. The van der Waals surface area contributed by atoms with Crippen molar-refractivity contribution >= 4 is 27.8 Å². The molecule has 2 atom stereocenters. The average Bonchev–Trinajstić information content (AvgIpc) is 3.16. The first-order chi connectivity index (χ1) is 9.02. The summed E-state index contributed by atoms with van der Waals surface area (Å²) in [5.74, 6) is -1.25. The lowest BCUT2D eigenvalue weighted by molar-refractivity contribution is -0.140. The second-order valence-electron chi connectivity index (χ2n) is 4.47. The highest BCUT2D eigenvalue weighted by atomic mass is 79.9. The Morgan fingerprint density at radius 2 is 2.21 bits per heavy atom. The zero-order valence-corrected chi connectivity index (χ0v) is 11.9. The third-order valence-corrected chi connectivity index (χ3v) is 3.75. The molecule has 0 aliphatic heterocycles. The number of carbonyl (C=O) groups is 2. The molecule has 0 saturated heterocycles. The molecule has 0 aromatic heterocycles. The molecule has 1 amide bonds. The van der Waals surface area contributed by atoms with Gasteiger partial charge in [-0.2, -0.15) is 0 Å². The van der Waals surface area contributed by atoms with Crippen molar-refractivity contribution in [3.05, 3.63) is 28.2 Å². The van der Waals surface area contributed by atoms with E-state index in [4.69, 9.17) is 9.84 Å². The topological polar surface area (TPSA) is 75.6 Å². The van der Waals surface area contributed by atoms with Crippen molar-refractivity contribution in [2.75, 3.05) is 7.11 Å². The fourth-order valence-corrected chi connectivity index (χ4v) is 2.49. The average molecular weight is 328 g/mol. The molecule has 1 aliphatic rings. The van der Waals surface area contributed by atoms with E-state index in [0.717, 1.165) is 15.8 Å². The molecule has 0 radical (unpaired) electrons. The molecular formula is C13H14BrNO4. The minimum absolute atomic E-state index is 0.195. The minimum atomic E-state index is -0.896. The van der Waals surface area contributed by atoms with Crippen molar-refractivity contribution in [2.45, 2.75) is 13.0 Å². The number of nitrogens with one attached hydrogen (secondary N) is 1. The van der Waals surface area contributed by atoms with Crippen LogP contribution in [0.2, 0.25) is 0 Å². The van der Waals surface area contributed by atoms with E-state index in [9.17, 15) is 9.59 Å². The van der Waals surface area contributed by atoms with E-state index in [1.54, 1.807) is 7.11 Å². The molecule has 2 rings (SSSR count). The van der Waals surface area contributed by atoms with Crippen LogP contribution in [0.25, 0.3) is 0 Å². The standard InChI is InChI=1S/C13H14BrNO4/c1-19-11-3-2-7(4-10(11)14)6-15-12(16)8-5-9(8)13(17)18/h2-4,8-9H,5-6H2,1H3,(H,15,16)(H,17,18)/t8-,9+/m1/s1. The summed E-state index contributed by atoms with van der Waals surface area (Å²) in [6, 6.07) is 5.52. The number of aliphatic carboxylic acids is 1. The summed E-state index contributed by atoms with van der Waals surface area (Å²) in [5, 5.41) is 11.5. The number of carbonyl (C=O) groups excluding carboxylic acids is 1. The van der Waals surface area contributed by atoms with Gasteiger partial charge in [-0.05, 0) is 40.0 Å². The Morgan fingerprint density at radius 1 is 1.47 bits per heavy atom. The van der Waals surface area contributed by atoms with Crippen molar-refractivity contribution < 1.29 is 19.4 Å². The molecule has 2 N–H and O–H groups in total. The number of amides is 1. The Morgan fingerprint density at radius 3 is 2.74 bits per heavy atom. The summed E-state index contributed by atoms with van der Waals surface area (Å²) < 4.78 is 5.93. The molecule has 19 heavy (non-hydrogen) atoms. The van der Waals surface area contributed by atoms with Gasteiger partial charge in [-0.3, -0.25) is 9.59 Å². The molecule has 1 aliphatic carbocycles. The highest BCUT2D eigenvalue weighted by Gasteiger charge is 2.48. The summed E-state index contributed by atoms with van der Waals surface area (Å²) in [5.41, 5.74) is 0.925. The van der Waals surface area contributed by atoms with Crippen LogP contribution >= 0.6 is 15.9 Å². The Kier molecular flexibility index (Phi) is 4.09. The Balaban J connectivity index is 1.87. The van der Waals surface area contributed by atoms with Crippen molar-refractivity contribution in [1.29, 1.82) is 0 Å². The predicted octanol–water partition coefficient (Wildman–Crippen LogP) is 1.79. The van der Waals surface area contributed by atoms with Crippen LogP contribution in [0, 0.1) is 11.8 Å². The van der Waals surface area contributed by atoms with Gasteiger partial charge in [0.15, 0.2) is 0 Å². The Labute approximate surface area is 119 Å². The molecule has 0 heterocycles. The normalized spacial score (nSPS) is 20.7. The second kappa shape index (κ2) is 5.61. The zero-order chi connectivity index (χ0) is 14.0. The number of methoxy groups -OCH3 is 1. The van der Waals surface area contributed by atoms with Gasteiger partial charge in [0.2, 0.25) is 5.91 Å². The third-order valence-electron chi connectivity index (χ3n) is 3.13. The van der Waals surface area contributed by atoms with Crippen LogP contribution in [-0.2, 0) is 16.1 Å². The first-order valence-corrected chi connectivity index (χ1v) is 6.65. The van der Waals surface area contributed by atoms with Crippen molar-refractivity contribution in [3.63, 3.8) is 0 Å². The molecule has 102 valence electrons. The number of hydrogen-bond donors (Lipinski definition) is 2. The number of benzene rings is 1. The lowest BCUT2D eigenvalue weighted by Gasteiger charge is -2.07. The molecule has 5 nitrogen and oxygen atoms in total.